The molecule has 0 aliphatic rings. The second kappa shape index (κ2) is 17.5. The third-order valence-corrected chi connectivity index (χ3v) is 1.57. The van der Waals surface area contributed by atoms with Crippen molar-refractivity contribution in [1.82, 2.24) is 10.2 Å². The highest BCUT2D eigenvalue weighted by Gasteiger charge is 2.12. The summed E-state index contributed by atoms with van der Waals surface area (Å²) in [5.41, 5.74) is 5.20. The number of nitrogens with one attached hydrogen (secondary N) is 1. The maximum atomic E-state index is 11.2. The highest BCUT2D eigenvalue weighted by Crippen LogP contribution is 1.88. The Labute approximate surface area is 106 Å². The van der Waals surface area contributed by atoms with Crippen molar-refractivity contribution in [3.8, 4) is 0 Å². The number of amides is 1. The molecule has 5 nitrogen and oxygen atoms in total. The Bertz CT molecular complexity index is 185. The van der Waals surface area contributed by atoms with E-state index in [0.717, 1.165) is 0 Å². The largest absolute Gasteiger partial charge is 0.333 e. The molecule has 0 aliphatic heterocycles. The molecular formula is C12H29N3O2. The molecule has 0 aromatic carbocycles. The van der Waals surface area contributed by atoms with Gasteiger partial charge in [-0.1, -0.05) is 27.7 Å². The fraction of sp³-hybridized carbons (Fsp3) is 0.833. The van der Waals surface area contributed by atoms with E-state index in [1.54, 1.807) is 7.05 Å². The van der Waals surface area contributed by atoms with Crippen molar-refractivity contribution in [2.45, 2.75) is 34.6 Å². The molecule has 0 radical (unpaired) electrons. The Kier molecular flexibility index (Phi) is 21.9. The van der Waals surface area contributed by atoms with Gasteiger partial charge in [0.25, 0.3) is 0 Å². The van der Waals surface area contributed by atoms with E-state index < -0.39 is 0 Å². The maximum Gasteiger partial charge on any atom is 0.236 e. The summed E-state index contributed by atoms with van der Waals surface area (Å²) >= 11 is 0. The van der Waals surface area contributed by atoms with E-state index in [9.17, 15) is 9.59 Å². The van der Waals surface area contributed by atoms with Gasteiger partial charge in [-0.3, -0.25) is 9.59 Å². The smallest absolute Gasteiger partial charge is 0.236 e. The van der Waals surface area contributed by atoms with Crippen LogP contribution in [0.15, 0.2) is 0 Å². The van der Waals surface area contributed by atoms with Gasteiger partial charge in [0.15, 0.2) is 0 Å². The van der Waals surface area contributed by atoms with Crippen LogP contribution in [0.3, 0.4) is 0 Å². The predicted octanol–water partition coefficient (Wildman–Crippen LogP) is 0.635. The van der Waals surface area contributed by atoms with Crippen LogP contribution >= 0.6 is 0 Å². The summed E-state index contributed by atoms with van der Waals surface area (Å²) in [6.45, 7) is 10.7. The Morgan fingerprint density at radius 1 is 1.18 bits per heavy atom. The quantitative estimate of drug-likeness (QED) is 0.722. The van der Waals surface area contributed by atoms with E-state index in [0.29, 0.717) is 13.1 Å². The fourth-order valence-electron chi connectivity index (χ4n) is 0.937. The summed E-state index contributed by atoms with van der Waals surface area (Å²) in [6, 6.07) is 0. The second-order valence-corrected chi connectivity index (χ2v) is 2.82. The van der Waals surface area contributed by atoms with Crippen LogP contribution in [-0.2, 0) is 9.59 Å². The zero-order chi connectivity index (χ0) is 14.3. The van der Waals surface area contributed by atoms with Crippen molar-refractivity contribution < 1.29 is 9.59 Å². The van der Waals surface area contributed by atoms with Crippen molar-refractivity contribution in [2.75, 3.05) is 33.2 Å². The number of nitrogens with zero attached hydrogens (tertiary/aromatic N) is 1. The van der Waals surface area contributed by atoms with E-state index in [2.05, 4.69) is 5.32 Å². The SMILES string of the molecule is CC.CC.CNCCN(CC(C)=O)C(=O)CN. The first-order valence-electron chi connectivity index (χ1n) is 6.23. The van der Waals surface area contributed by atoms with Gasteiger partial charge in [0, 0.05) is 13.1 Å². The molecule has 0 saturated carbocycles. The molecule has 0 bridgehead atoms. The zero-order valence-corrected chi connectivity index (χ0v) is 12.2. The van der Waals surface area contributed by atoms with Crippen molar-refractivity contribution in [3.05, 3.63) is 0 Å². The highest BCUT2D eigenvalue weighted by atomic mass is 16.2. The van der Waals surface area contributed by atoms with Crippen molar-refractivity contribution >= 4 is 11.7 Å². The average Bonchev–Trinajstić information content (AvgIpc) is 2.38. The summed E-state index contributed by atoms with van der Waals surface area (Å²) in [5, 5.41) is 2.90. The molecule has 5 heteroatoms. The van der Waals surface area contributed by atoms with Gasteiger partial charge in [-0.2, -0.15) is 0 Å². The number of hydrogen-bond donors (Lipinski definition) is 2. The van der Waals surface area contributed by atoms with Gasteiger partial charge in [-0.15, -0.1) is 0 Å². The van der Waals surface area contributed by atoms with Gasteiger partial charge in [0.2, 0.25) is 5.91 Å². The van der Waals surface area contributed by atoms with Gasteiger partial charge in [0.1, 0.15) is 5.78 Å². The molecule has 0 saturated heterocycles. The number of rotatable bonds is 6. The molecule has 0 aromatic rings. The minimum Gasteiger partial charge on any atom is -0.333 e. The van der Waals surface area contributed by atoms with Crippen molar-refractivity contribution in [2.24, 2.45) is 5.73 Å². The van der Waals surface area contributed by atoms with Crippen LogP contribution in [0.25, 0.3) is 0 Å². The van der Waals surface area contributed by atoms with Crippen molar-refractivity contribution in [3.63, 3.8) is 0 Å². The number of likely N-dealkylation sites (N-methyl/N-ethyl adjacent to an activating group) is 1. The van der Waals surface area contributed by atoms with Crippen LogP contribution in [0.5, 0.6) is 0 Å². The average molecular weight is 247 g/mol. The molecular weight excluding hydrogens is 218 g/mol. The number of Topliss-reactive ketones (excluding diaryl/α,β-unsaturated/α-hetero) is 1. The van der Waals surface area contributed by atoms with Crippen LogP contribution in [-0.4, -0.2) is 49.8 Å². The molecule has 0 aliphatic carbocycles. The first kappa shape index (κ1) is 21.4. The zero-order valence-electron chi connectivity index (χ0n) is 12.2. The lowest BCUT2D eigenvalue weighted by Crippen LogP contribution is -2.42. The number of carbonyl (C=O) groups excluding carboxylic acids is 2. The molecule has 1 amide bonds. The minimum atomic E-state index is -0.189. The van der Waals surface area contributed by atoms with Gasteiger partial charge >= 0.3 is 0 Å². The normalized spacial score (nSPS) is 8.18. The fourth-order valence-corrected chi connectivity index (χ4v) is 0.937. The lowest BCUT2D eigenvalue weighted by Gasteiger charge is -2.20. The maximum absolute atomic E-state index is 11.2. The molecule has 0 heterocycles. The summed E-state index contributed by atoms with van der Waals surface area (Å²) in [6.07, 6.45) is 0. The topological polar surface area (TPSA) is 75.4 Å². The third kappa shape index (κ3) is 15.1. The monoisotopic (exact) mass is 247 g/mol. The van der Waals surface area contributed by atoms with Gasteiger partial charge < -0.3 is 16.0 Å². The van der Waals surface area contributed by atoms with Gasteiger partial charge in [0.05, 0.1) is 13.1 Å². The molecule has 0 atom stereocenters. The molecule has 0 spiro atoms. The van der Waals surface area contributed by atoms with Crippen LogP contribution in [0.2, 0.25) is 0 Å². The van der Waals surface area contributed by atoms with Crippen molar-refractivity contribution in [1.29, 1.82) is 0 Å². The van der Waals surface area contributed by atoms with Crippen LogP contribution in [0.4, 0.5) is 0 Å². The van der Waals surface area contributed by atoms with Gasteiger partial charge in [-0.05, 0) is 14.0 Å². The summed E-state index contributed by atoms with van der Waals surface area (Å²) in [4.78, 5) is 23.4. The molecule has 0 fully saturated rings. The molecule has 0 aromatic heterocycles. The van der Waals surface area contributed by atoms with Gasteiger partial charge in [-0.25, -0.2) is 0 Å². The first-order valence-corrected chi connectivity index (χ1v) is 6.23. The second-order valence-electron chi connectivity index (χ2n) is 2.82. The number of hydrogen-bond acceptors (Lipinski definition) is 4. The van der Waals surface area contributed by atoms with E-state index in [1.807, 2.05) is 27.7 Å². The highest BCUT2D eigenvalue weighted by molar-refractivity contribution is 5.85. The standard InChI is InChI=1S/C8H17N3O2.2C2H6/c1-7(12)6-11(4-3-10-2)8(13)5-9;2*1-2/h10H,3-6,9H2,1-2H3;2*1-2H3. The summed E-state index contributed by atoms with van der Waals surface area (Å²) in [7, 11) is 1.79. The Hall–Kier alpha value is -0.940. The first-order chi connectivity index (χ1) is 8.11. The summed E-state index contributed by atoms with van der Waals surface area (Å²) in [5.74, 6) is -0.219. The summed E-state index contributed by atoms with van der Waals surface area (Å²) < 4.78 is 0. The van der Waals surface area contributed by atoms with Crippen LogP contribution in [0, 0.1) is 0 Å². The third-order valence-electron chi connectivity index (χ3n) is 1.57. The van der Waals surface area contributed by atoms with E-state index in [1.165, 1.54) is 11.8 Å². The van der Waals surface area contributed by atoms with Crippen LogP contribution < -0.4 is 11.1 Å². The lowest BCUT2D eigenvalue weighted by atomic mass is 10.3. The number of carbonyl (C=O) groups is 2. The Morgan fingerprint density at radius 3 is 1.94 bits per heavy atom. The molecule has 0 rings (SSSR count). The van der Waals surface area contributed by atoms with Crippen LogP contribution in [0.1, 0.15) is 34.6 Å². The molecule has 17 heavy (non-hydrogen) atoms. The van der Waals surface area contributed by atoms with E-state index in [-0.39, 0.29) is 24.8 Å². The predicted molar refractivity (Wildman–Crippen MR) is 72.9 cm³/mol. The minimum absolute atomic E-state index is 0.0297. The lowest BCUT2D eigenvalue weighted by molar-refractivity contribution is -0.133. The Balaban J connectivity index is -0.000000439. The molecule has 3 N–H and O–H groups in total. The van der Waals surface area contributed by atoms with E-state index in [4.69, 9.17) is 5.73 Å². The Morgan fingerprint density at radius 2 is 1.65 bits per heavy atom. The molecule has 104 valence electrons. The molecule has 0 unspecified atom stereocenters. The number of nitrogens with two attached hydrogens (primary N) is 1. The number of ketones is 1. The van der Waals surface area contributed by atoms with E-state index >= 15 is 0 Å².